The van der Waals surface area contributed by atoms with E-state index in [0.717, 1.165) is 10.6 Å². The number of amides is 2. The Balaban J connectivity index is 1.71. The van der Waals surface area contributed by atoms with Gasteiger partial charge in [0.25, 0.3) is 5.69 Å². The number of hydrogen-bond acceptors (Lipinski definition) is 5. The van der Waals surface area contributed by atoms with Crippen LogP contribution in [0.15, 0.2) is 53.4 Å². The van der Waals surface area contributed by atoms with Gasteiger partial charge in [0.05, 0.1) is 16.9 Å². The lowest BCUT2D eigenvalue weighted by molar-refractivity contribution is -0.384. The SMILES string of the molecule is CSc1ccc(N2C[C@H](C(=O)N(C)[C@H](C)c3cccc([N+](=O)[O-])c3)CC2=O)cc1. The lowest BCUT2D eigenvalue weighted by Crippen LogP contribution is -2.36. The van der Waals surface area contributed by atoms with Gasteiger partial charge >= 0.3 is 0 Å². The lowest BCUT2D eigenvalue weighted by Gasteiger charge is -2.27. The number of rotatable bonds is 6. The van der Waals surface area contributed by atoms with Crippen LogP contribution in [0, 0.1) is 16.0 Å². The fraction of sp³-hybridized carbons (Fsp3) is 0.333. The fourth-order valence-electron chi connectivity index (χ4n) is 3.49. The van der Waals surface area contributed by atoms with Crippen LogP contribution >= 0.6 is 11.8 Å². The minimum Gasteiger partial charge on any atom is -0.339 e. The van der Waals surface area contributed by atoms with E-state index < -0.39 is 10.8 Å². The van der Waals surface area contributed by atoms with Crippen molar-refractivity contribution in [3.63, 3.8) is 0 Å². The highest BCUT2D eigenvalue weighted by Crippen LogP contribution is 2.30. The van der Waals surface area contributed by atoms with E-state index in [1.807, 2.05) is 37.4 Å². The Hall–Kier alpha value is -2.87. The molecule has 2 aromatic rings. The molecule has 8 heteroatoms. The second kappa shape index (κ2) is 8.65. The molecule has 0 saturated carbocycles. The van der Waals surface area contributed by atoms with E-state index in [0.29, 0.717) is 12.1 Å². The smallest absolute Gasteiger partial charge is 0.269 e. The van der Waals surface area contributed by atoms with Crippen LogP contribution in [0.5, 0.6) is 0 Å². The molecule has 29 heavy (non-hydrogen) atoms. The van der Waals surface area contributed by atoms with Crippen molar-refractivity contribution in [3.05, 3.63) is 64.2 Å². The standard InChI is InChI=1S/C21H23N3O4S/c1-14(15-5-4-6-18(11-15)24(27)28)22(2)21(26)16-12-20(25)23(13-16)17-7-9-19(29-3)10-8-17/h4-11,14,16H,12-13H2,1-3H3/t14-,16-/m1/s1. The van der Waals surface area contributed by atoms with Gasteiger partial charge in [-0.2, -0.15) is 0 Å². The molecule has 1 aliphatic heterocycles. The molecule has 0 radical (unpaired) electrons. The first-order valence-electron chi connectivity index (χ1n) is 9.27. The Kier molecular flexibility index (Phi) is 6.22. The summed E-state index contributed by atoms with van der Waals surface area (Å²) in [7, 11) is 1.67. The quantitative estimate of drug-likeness (QED) is 0.408. The molecule has 1 aliphatic rings. The largest absolute Gasteiger partial charge is 0.339 e. The van der Waals surface area contributed by atoms with Crippen LogP contribution in [0.25, 0.3) is 0 Å². The summed E-state index contributed by atoms with van der Waals surface area (Å²) >= 11 is 1.63. The van der Waals surface area contributed by atoms with E-state index in [2.05, 4.69) is 0 Å². The molecule has 1 fully saturated rings. The molecule has 0 spiro atoms. The van der Waals surface area contributed by atoms with E-state index in [1.165, 1.54) is 12.1 Å². The normalized spacial score (nSPS) is 17.3. The zero-order valence-corrected chi connectivity index (χ0v) is 17.4. The maximum absolute atomic E-state index is 13.0. The Labute approximate surface area is 173 Å². The van der Waals surface area contributed by atoms with Gasteiger partial charge in [0.2, 0.25) is 11.8 Å². The molecule has 7 nitrogen and oxygen atoms in total. The van der Waals surface area contributed by atoms with E-state index in [9.17, 15) is 19.7 Å². The van der Waals surface area contributed by atoms with Crippen LogP contribution in [0.2, 0.25) is 0 Å². The molecular weight excluding hydrogens is 390 g/mol. The number of non-ortho nitro benzene ring substituents is 1. The van der Waals surface area contributed by atoms with Crippen molar-refractivity contribution >= 4 is 35.0 Å². The fourth-order valence-corrected chi connectivity index (χ4v) is 3.89. The molecule has 152 valence electrons. The molecule has 0 aliphatic carbocycles. The lowest BCUT2D eigenvalue weighted by atomic mass is 10.0. The molecule has 0 N–H and O–H groups in total. The Bertz CT molecular complexity index is 932. The van der Waals surface area contributed by atoms with Gasteiger partial charge in [-0.25, -0.2) is 0 Å². The van der Waals surface area contributed by atoms with Crippen molar-refractivity contribution in [3.8, 4) is 0 Å². The summed E-state index contributed by atoms with van der Waals surface area (Å²) in [4.78, 5) is 40.4. The third kappa shape index (κ3) is 4.42. The highest BCUT2D eigenvalue weighted by atomic mass is 32.2. The Morgan fingerprint density at radius 1 is 1.28 bits per heavy atom. The number of carbonyl (C=O) groups is 2. The molecule has 2 atom stereocenters. The predicted octanol–water partition coefficient (Wildman–Crippen LogP) is 3.89. The number of nitro benzene ring substituents is 1. The van der Waals surface area contributed by atoms with Crippen LogP contribution in [-0.4, -0.2) is 41.5 Å². The first kappa shape index (κ1) is 20.9. The van der Waals surface area contributed by atoms with E-state index in [-0.39, 0.29) is 30.0 Å². The zero-order valence-electron chi connectivity index (χ0n) is 16.6. The minimum atomic E-state index is -0.451. The van der Waals surface area contributed by atoms with Gasteiger partial charge < -0.3 is 9.80 Å². The summed E-state index contributed by atoms with van der Waals surface area (Å²) in [5, 5.41) is 11.0. The molecule has 0 unspecified atom stereocenters. The number of benzene rings is 2. The van der Waals surface area contributed by atoms with Crippen molar-refractivity contribution < 1.29 is 14.5 Å². The summed E-state index contributed by atoms with van der Waals surface area (Å²) in [5.41, 5.74) is 1.47. The number of carbonyl (C=O) groups excluding carboxylic acids is 2. The maximum Gasteiger partial charge on any atom is 0.269 e. The monoisotopic (exact) mass is 413 g/mol. The van der Waals surface area contributed by atoms with Crippen molar-refractivity contribution in [1.29, 1.82) is 0 Å². The number of nitrogens with zero attached hydrogens (tertiary/aromatic N) is 3. The van der Waals surface area contributed by atoms with Crippen molar-refractivity contribution in [1.82, 2.24) is 4.90 Å². The highest BCUT2D eigenvalue weighted by molar-refractivity contribution is 7.98. The third-order valence-electron chi connectivity index (χ3n) is 5.35. The summed E-state index contributed by atoms with van der Waals surface area (Å²) < 4.78 is 0. The van der Waals surface area contributed by atoms with Gasteiger partial charge in [0.15, 0.2) is 0 Å². The van der Waals surface area contributed by atoms with Crippen LogP contribution in [-0.2, 0) is 9.59 Å². The molecule has 1 saturated heterocycles. The number of thioether (sulfide) groups is 1. The van der Waals surface area contributed by atoms with Crippen molar-refractivity contribution in [2.75, 3.05) is 24.7 Å². The van der Waals surface area contributed by atoms with Gasteiger partial charge in [-0.3, -0.25) is 19.7 Å². The topological polar surface area (TPSA) is 83.8 Å². The first-order valence-corrected chi connectivity index (χ1v) is 10.5. The Morgan fingerprint density at radius 3 is 2.59 bits per heavy atom. The highest BCUT2D eigenvalue weighted by Gasteiger charge is 2.37. The third-order valence-corrected chi connectivity index (χ3v) is 6.09. The zero-order chi connectivity index (χ0) is 21.1. The molecule has 0 aromatic heterocycles. The predicted molar refractivity (Wildman–Crippen MR) is 113 cm³/mol. The van der Waals surface area contributed by atoms with E-state index in [1.54, 1.807) is 40.7 Å². The van der Waals surface area contributed by atoms with Crippen molar-refractivity contribution in [2.45, 2.75) is 24.3 Å². The van der Waals surface area contributed by atoms with Crippen molar-refractivity contribution in [2.24, 2.45) is 5.92 Å². The second-order valence-electron chi connectivity index (χ2n) is 7.08. The first-order chi connectivity index (χ1) is 13.8. The van der Waals surface area contributed by atoms with E-state index in [4.69, 9.17) is 0 Å². The molecule has 2 amide bonds. The summed E-state index contributed by atoms with van der Waals surface area (Å²) in [6.07, 6.45) is 2.15. The number of hydrogen-bond donors (Lipinski definition) is 0. The van der Waals surface area contributed by atoms with Gasteiger partial charge in [-0.1, -0.05) is 12.1 Å². The molecule has 0 bridgehead atoms. The average Bonchev–Trinajstić information content (AvgIpc) is 3.13. The summed E-state index contributed by atoms with van der Waals surface area (Å²) in [6.45, 7) is 2.16. The Morgan fingerprint density at radius 2 is 1.97 bits per heavy atom. The second-order valence-corrected chi connectivity index (χ2v) is 7.96. The molecule has 3 rings (SSSR count). The van der Waals surface area contributed by atoms with Crippen LogP contribution in [0.3, 0.4) is 0 Å². The minimum absolute atomic E-state index is 0.00823. The molecular formula is C21H23N3O4S. The van der Waals surface area contributed by atoms with Gasteiger partial charge in [0, 0.05) is 42.7 Å². The van der Waals surface area contributed by atoms with Crippen LogP contribution in [0.1, 0.15) is 24.9 Å². The molecule has 2 aromatic carbocycles. The van der Waals surface area contributed by atoms with Gasteiger partial charge in [0.1, 0.15) is 0 Å². The molecule has 1 heterocycles. The number of anilines is 1. The maximum atomic E-state index is 13.0. The average molecular weight is 413 g/mol. The van der Waals surface area contributed by atoms with Crippen LogP contribution in [0.4, 0.5) is 11.4 Å². The van der Waals surface area contributed by atoms with Gasteiger partial charge in [-0.05, 0) is 43.0 Å². The summed E-state index contributed by atoms with van der Waals surface area (Å²) in [6, 6.07) is 13.6. The van der Waals surface area contributed by atoms with Crippen LogP contribution < -0.4 is 4.90 Å². The summed E-state index contributed by atoms with van der Waals surface area (Å²) in [5.74, 6) is -0.647. The van der Waals surface area contributed by atoms with E-state index >= 15 is 0 Å². The number of nitro groups is 1. The van der Waals surface area contributed by atoms with Gasteiger partial charge in [-0.15, -0.1) is 11.8 Å².